The van der Waals surface area contributed by atoms with Gasteiger partial charge < -0.3 is 5.11 Å². The lowest BCUT2D eigenvalue weighted by Gasteiger charge is -2.26. The van der Waals surface area contributed by atoms with E-state index < -0.39 is 10.5 Å². The van der Waals surface area contributed by atoms with Crippen LogP contribution in [0.25, 0.3) is 11.1 Å². The van der Waals surface area contributed by atoms with E-state index in [1.165, 1.54) is 12.1 Å². The summed E-state index contributed by atoms with van der Waals surface area (Å²) in [5, 5.41) is 22.4. The van der Waals surface area contributed by atoms with Crippen LogP contribution in [0, 0.1) is 10.1 Å². The van der Waals surface area contributed by atoms with Gasteiger partial charge in [0.15, 0.2) is 0 Å². The van der Waals surface area contributed by atoms with Crippen LogP contribution in [0.4, 0.5) is 5.69 Å². The van der Waals surface area contributed by atoms with E-state index in [1.54, 1.807) is 12.1 Å². The van der Waals surface area contributed by atoms with Crippen molar-refractivity contribution in [2.75, 3.05) is 0 Å². The Bertz CT molecular complexity index is 870. The second-order valence-corrected chi connectivity index (χ2v) is 5.61. The summed E-state index contributed by atoms with van der Waals surface area (Å²) in [6.45, 7) is 0. The van der Waals surface area contributed by atoms with E-state index >= 15 is 0 Å². The number of non-ortho nitro benzene ring substituents is 1. The Kier molecular flexibility index (Phi) is 2.83. The summed E-state index contributed by atoms with van der Waals surface area (Å²) in [5.74, 6) is 0. The van der Waals surface area contributed by atoms with Gasteiger partial charge in [-0.25, -0.2) is 0 Å². The average molecular weight is 303 g/mol. The summed E-state index contributed by atoms with van der Waals surface area (Å²) in [6, 6.07) is 21.5. The van der Waals surface area contributed by atoms with E-state index in [9.17, 15) is 15.2 Å². The van der Waals surface area contributed by atoms with Crippen molar-refractivity contribution in [3.8, 4) is 11.1 Å². The zero-order valence-corrected chi connectivity index (χ0v) is 12.1. The molecule has 112 valence electrons. The molecule has 1 N–H and O–H groups in total. The molecular formula is C19H13NO3. The molecule has 4 rings (SSSR count). The average Bonchev–Trinajstić information content (AvgIpc) is 2.86. The number of hydrogen-bond acceptors (Lipinski definition) is 3. The van der Waals surface area contributed by atoms with E-state index in [2.05, 4.69) is 0 Å². The molecule has 0 unspecified atom stereocenters. The van der Waals surface area contributed by atoms with Gasteiger partial charge in [-0.1, -0.05) is 48.5 Å². The standard InChI is InChI=1S/C19H13NO3/c21-19(13-9-11-14(12-10-13)20(22)23)17-7-3-1-5-15(17)16-6-2-4-8-18(16)19/h1-12,21H. The van der Waals surface area contributed by atoms with Crippen LogP contribution < -0.4 is 0 Å². The van der Waals surface area contributed by atoms with Gasteiger partial charge in [0.1, 0.15) is 5.60 Å². The third kappa shape index (κ3) is 1.82. The fourth-order valence-corrected chi connectivity index (χ4v) is 3.35. The van der Waals surface area contributed by atoms with E-state index in [0.29, 0.717) is 5.56 Å². The van der Waals surface area contributed by atoms with Gasteiger partial charge in [-0.05, 0) is 28.8 Å². The van der Waals surface area contributed by atoms with Crippen molar-refractivity contribution in [2.24, 2.45) is 0 Å². The highest BCUT2D eigenvalue weighted by molar-refractivity contribution is 5.82. The lowest BCUT2D eigenvalue weighted by atomic mass is 9.84. The minimum atomic E-state index is -1.29. The summed E-state index contributed by atoms with van der Waals surface area (Å²) in [5.41, 5.74) is 2.93. The second-order valence-electron chi connectivity index (χ2n) is 5.61. The first-order valence-corrected chi connectivity index (χ1v) is 7.29. The maximum absolute atomic E-state index is 11.5. The van der Waals surface area contributed by atoms with Crippen LogP contribution in [0.1, 0.15) is 16.7 Å². The molecule has 1 aliphatic rings. The topological polar surface area (TPSA) is 63.4 Å². The molecule has 0 aliphatic heterocycles. The Hall–Kier alpha value is -2.98. The van der Waals surface area contributed by atoms with Gasteiger partial charge in [-0.2, -0.15) is 0 Å². The molecule has 0 amide bonds. The molecule has 0 saturated heterocycles. The number of nitro benzene ring substituents is 1. The van der Waals surface area contributed by atoms with Crippen molar-refractivity contribution in [3.05, 3.63) is 99.6 Å². The first kappa shape index (κ1) is 13.7. The molecular weight excluding hydrogens is 290 g/mol. The summed E-state index contributed by atoms with van der Waals surface area (Å²) < 4.78 is 0. The highest BCUT2D eigenvalue weighted by Gasteiger charge is 2.42. The van der Waals surface area contributed by atoms with E-state index in [-0.39, 0.29) is 5.69 Å². The number of fused-ring (bicyclic) bond motifs is 3. The monoisotopic (exact) mass is 303 g/mol. The smallest absolute Gasteiger partial charge is 0.269 e. The Morgan fingerprint density at radius 1 is 0.783 bits per heavy atom. The normalized spacial score (nSPS) is 14.1. The summed E-state index contributed by atoms with van der Waals surface area (Å²) >= 11 is 0. The molecule has 0 saturated carbocycles. The molecule has 23 heavy (non-hydrogen) atoms. The predicted molar refractivity (Wildman–Crippen MR) is 87.1 cm³/mol. The molecule has 4 heteroatoms. The van der Waals surface area contributed by atoms with Crippen molar-refractivity contribution in [1.29, 1.82) is 0 Å². The van der Waals surface area contributed by atoms with Crippen molar-refractivity contribution < 1.29 is 10.0 Å². The maximum atomic E-state index is 11.5. The van der Waals surface area contributed by atoms with Gasteiger partial charge in [-0.15, -0.1) is 0 Å². The van der Waals surface area contributed by atoms with Crippen molar-refractivity contribution >= 4 is 5.69 Å². The van der Waals surface area contributed by atoms with E-state index in [1.807, 2.05) is 48.5 Å². The molecule has 3 aromatic rings. The van der Waals surface area contributed by atoms with Crippen LogP contribution in [0.2, 0.25) is 0 Å². The molecule has 3 aromatic carbocycles. The van der Waals surface area contributed by atoms with Crippen LogP contribution in [0.3, 0.4) is 0 Å². The summed E-state index contributed by atoms with van der Waals surface area (Å²) in [7, 11) is 0. The number of nitrogens with zero attached hydrogens (tertiary/aromatic N) is 1. The molecule has 0 bridgehead atoms. The van der Waals surface area contributed by atoms with E-state index in [0.717, 1.165) is 22.3 Å². The quantitative estimate of drug-likeness (QED) is 0.577. The van der Waals surface area contributed by atoms with Gasteiger partial charge in [0, 0.05) is 23.3 Å². The van der Waals surface area contributed by atoms with Crippen LogP contribution in [-0.4, -0.2) is 10.0 Å². The van der Waals surface area contributed by atoms with Gasteiger partial charge in [-0.3, -0.25) is 10.1 Å². The van der Waals surface area contributed by atoms with Crippen LogP contribution in [0.15, 0.2) is 72.8 Å². The Morgan fingerprint density at radius 2 is 1.26 bits per heavy atom. The van der Waals surface area contributed by atoms with Gasteiger partial charge in [0.05, 0.1) is 4.92 Å². The minimum absolute atomic E-state index is 0.0110. The highest BCUT2D eigenvalue weighted by Crippen LogP contribution is 2.50. The zero-order valence-electron chi connectivity index (χ0n) is 12.1. The van der Waals surface area contributed by atoms with Gasteiger partial charge in [0.2, 0.25) is 0 Å². The molecule has 0 heterocycles. The SMILES string of the molecule is O=[N+]([O-])c1ccc(C2(O)c3ccccc3-c3ccccc32)cc1. The van der Waals surface area contributed by atoms with Crippen LogP contribution in [0.5, 0.6) is 0 Å². The number of rotatable bonds is 2. The lowest BCUT2D eigenvalue weighted by Crippen LogP contribution is -2.26. The van der Waals surface area contributed by atoms with E-state index in [4.69, 9.17) is 0 Å². The molecule has 4 nitrogen and oxygen atoms in total. The fourth-order valence-electron chi connectivity index (χ4n) is 3.35. The first-order chi connectivity index (χ1) is 11.1. The number of nitro groups is 1. The van der Waals surface area contributed by atoms with Crippen LogP contribution >= 0.6 is 0 Å². The highest BCUT2D eigenvalue weighted by atomic mass is 16.6. The Labute approximate surface area is 132 Å². The molecule has 0 radical (unpaired) electrons. The third-order valence-corrected chi connectivity index (χ3v) is 4.42. The molecule has 0 aromatic heterocycles. The zero-order chi connectivity index (χ0) is 16.0. The largest absolute Gasteiger partial charge is 0.376 e. The Morgan fingerprint density at radius 3 is 1.74 bits per heavy atom. The third-order valence-electron chi connectivity index (χ3n) is 4.42. The van der Waals surface area contributed by atoms with Crippen molar-refractivity contribution in [2.45, 2.75) is 5.60 Å². The summed E-state index contributed by atoms with van der Waals surface area (Å²) in [6.07, 6.45) is 0. The number of aliphatic hydroxyl groups is 1. The molecule has 0 fully saturated rings. The minimum Gasteiger partial charge on any atom is -0.376 e. The Balaban J connectivity index is 1.98. The first-order valence-electron chi connectivity index (χ1n) is 7.29. The van der Waals surface area contributed by atoms with Crippen LogP contribution in [-0.2, 0) is 5.60 Å². The molecule has 0 spiro atoms. The maximum Gasteiger partial charge on any atom is 0.269 e. The fraction of sp³-hybridized carbons (Fsp3) is 0.0526. The summed E-state index contributed by atoms with van der Waals surface area (Å²) in [4.78, 5) is 10.4. The van der Waals surface area contributed by atoms with Gasteiger partial charge in [0.25, 0.3) is 5.69 Å². The van der Waals surface area contributed by atoms with Crippen molar-refractivity contribution in [3.63, 3.8) is 0 Å². The second kappa shape index (κ2) is 4.76. The molecule has 0 atom stereocenters. The number of hydrogen-bond donors (Lipinski definition) is 1. The molecule has 1 aliphatic carbocycles. The predicted octanol–water partition coefficient (Wildman–Crippen LogP) is 3.86. The number of benzene rings is 3. The van der Waals surface area contributed by atoms with Crippen molar-refractivity contribution in [1.82, 2.24) is 0 Å². The van der Waals surface area contributed by atoms with Gasteiger partial charge >= 0.3 is 0 Å². The lowest BCUT2D eigenvalue weighted by molar-refractivity contribution is -0.384.